The van der Waals surface area contributed by atoms with Crippen LogP contribution in [-0.4, -0.2) is 0 Å². The number of hydrogen-bond donors (Lipinski definition) is 1. The Bertz CT molecular complexity index is 553. The molecule has 0 spiro atoms. The summed E-state index contributed by atoms with van der Waals surface area (Å²) in [4.78, 5) is 0. The van der Waals surface area contributed by atoms with Crippen molar-refractivity contribution >= 4 is 17.1 Å². The molecular formula is C12H9F2N3. The smallest absolute Gasteiger partial charge is 0.188 e. The molecule has 2 N–H and O–H groups in total. The molecule has 0 aliphatic heterocycles. The van der Waals surface area contributed by atoms with E-state index in [0.717, 1.165) is 0 Å². The molecule has 0 fully saturated rings. The quantitative estimate of drug-likeness (QED) is 0.619. The zero-order chi connectivity index (χ0) is 12.3. The standard InChI is InChI=1S/C12H9F2N3/c13-11-9(15)6-7-10(12(11)14)17-16-8-4-2-1-3-5-8/h1-7H,15H2. The van der Waals surface area contributed by atoms with Gasteiger partial charge >= 0.3 is 0 Å². The van der Waals surface area contributed by atoms with Crippen LogP contribution in [0.1, 0.15) is 0 Å². The summed E-state index contributed by atoms with van der Waals surface area (Å²) in [6.45, 7) is 0. The van der Waals surface area contributed by atoms with Crippen molar-refractivity contribution in [2.24, 2.45) is 10.2 Å². The molecule has 2 aromatic carbocycles. The highest BCUT2D eigenvalue weighted by atomic mass is 19.2. The van der Waals surface area contributed by atoms with Gasteiger partial charge in [-0.15, -0.1) is 5.11 Å². The van der Waals surface area contributed by atoms with E-state index in [-0.39, 0.29) is 11.4 Å². The molecule has 17 heavy (non-hydrogen) atoms. The summed E-state index contributed by atoms with van der Waals surface area (Å²) in [5, 5.41) is 7.42. The lowest BCUT2D eigenvalue weighted by molar-refractivity contribution is 0.513. The van der Waals surface area contributed by atoms with Crippen molar-refractivity contribution in [1.82, 2.24) is 0 Å². The lowest BCUT2D eigenvalue weighted by Crippen LogP contribution is -1.93. The maximum absolute atomic E-state index is 13.4. The molecule has 0 amide bonds. The van der Waals surface area contributed by atoms with Gasteiger partial charge in [-0.25, -0.2) is 8.78 Å². The van der Waals surface area contributed by atoms with Gasteiger partial charge in [0.2, 0.25) is 0 Å². The highest BCUT2D eigenvalue weighted by Gasteiger charge is 2.10. The number of nitrogen functional groups attached to an aromatic ring is 1. The topological polar surface area (TPSA) is 50.7 Å². The molecule has 2 aromatic rings. The van der Waals surface area contributed by atoms with Crippen LogP contribution >= 0.6 is 0 Å². The van der Waals surface area contributed by atoms with Crippen LogP contribution in [-0.2, 0) is 0 Å². The number of halogens is 2. The van der Waals surface area contributed by atoms with Crippen molar-refractivity contribution in [3.63, 3.8) is 0 Å². The van der Waals surface area contributed by atoms with E-state index in [9.17, 15) is 8.78 Å². The van der Waals surface area contributed by atoms with Crippen molar-refractivity contribution in [1.29, 1.82) is 0 Å². The van der Waals surface area contributed by atoms with Crippen molar-refractivity contribution < 1.29 is 8.78 Å². The molecule has 0 heterocycles. The third kappa shape index (κ3) is 2.44. The van der Waals surface area contributed by atoms with Gasteiger partial charge < -0.3 is 5.73 Å². The first-order chi connectivity index (χ1) is 8.18. The van der Waals surface area contributed by atoms with E-state index >= 15 is 0 Å². The Kier molecular flexibility index (Phi) is 3.09. The summed E-state index contributed by atoms with van der Waals surface area (Å²) in [5.74, 6) is -2.20. The second-order valence-corrected chi connectivity index (χ2v) is 3.34. The maximum atomic E-state index is 13.4. The van der Waals surface area contributed by atoms with Crippen LogP contribution < -0.4 is 5.73 Å². The van der Waals surface area contributed by atoms with E-state index in [2.05, 4.69) is 10.2 Å². The summed E-state index contributed by atoms with van der Waals surface area (Å²) in [6, 6.07) is 11.3. The maximum Gasteiger partial charge on any atom is 0.188 e. The average molecular weight is 233 g/mol. The molecule has 0 atom stereocenters. The lowest BCUT2D eigenvalue weighted by Gasteiger charge is -1.99. The molecule has 0 aliphatic carbocycles. The van der Waals surface area contributed by atoms with E-state index in [1.54, 1.807) is 24.3 Å². The van der Waals surface area contributed by atoms with E-state index in [1.807, 2.05) is 6.07 Å². The third-order valence-corrected chi connectivity index (χ3v) is 2.12. The van der Waals surface area contributed by atoms with Gasteiger partial charge in [0.1, 0.15) is 5.69 Å². The van der Waals surface area contributed by atoms with Crippen LogP contribution in [0.4, 0.5) is 25.8 Å². The number of anilines is 1. The highest BCUT2D eigenvalue weighted by Crippen LogP contribution is 2.26. The van der Waals surface area contributed by atoms with Crippen molar-refractivity contribution in [3.05, 3.63) is 54.1 Å². The highest BCUT2D eigenvalue weighted by molar-refractivity contribution is 5.50. The Morgan fingerprint density at radius 2 is 1.53 bits per heavy atom. The number of nitrogens with two attached hydrogens (primary N) is 1. The number of azo groups is 1. The molecular weight excluding hydrogens is 224 g/mol. The molecule has 3 nitrogen and oxygen atoms in total. The fraction of sp³-hybridized carbons (Fsp3) is 0. The minimum absolute atomic E-state index is 0.180. The predicted molar refractivity (Wildman–Crippen MR) is 61.4 cm³/mol. The van der Waals surface area contributed by atoms with Gasteiger partial charge in [0.25, 0.3) is 0 Å². The predicted octanol–water partition coefficient (Wildman–Crippen LogP) is 3.96. The summed E-state index contributed by atoms with van der Waals surface area (Å²) < 4.78 is 26.5. The normalized spacial score (nSPS) is 10.9. The molecule has 2 rings (SSSR count). The fourth-order valence-electron chi connectivity index (χ4n) is 1.24. The second-order valence-electron chi connectivity index (χ2n) is 3.34. The van der Waals surface area contributed by atoms with Gasteiger partial charge in [0, 0.05) is 0 Å². The Labute approximate surface area is 96.6 Å². The Morgan fingerprint density at radius 1 is 0.824 bits per heavy atom. The average Bonchev–Trinajstić information content (AvgIpc) is 2.36. The first kappa shape index (κ1) is 11.2. The van der Waals surface area contributed by atoms with Crippen molar-refractivity contribution in [3.8, 4) is 0 Å². The number of rotatable bonds is 2. The molecule has 0 saturated carbocycles. The van der Waals surface area contributed by atoms with Crippen LogP contribution in [0.5, 0.6) is 0 Å². The first-order valence-corrected chi connectivity index (χ1v) is 4.89. The summed E-state index contributed by atoms with van der Waals surface area (Å²) in [6.07, 6.45) is 0. The van der Waals surface area contributed by atoms with Gasteiger partial charge in [-0.1, -0.05) is 18.2 Å². The van der Waals surface area contributed by atoms with E-state index in [1.165, 1.54) is 12.1 Å². The number of hydrogen-bond acceptors (Lipinski definition) is 3. The van der Waals surface area contributed by atoms with E-state index in [4.69, 9.17) is 5.73 Å². The zero-order valence-corrected chi connectivity index (χ0v) is 8.77. The molecule has 0 radical (unpaired) electrons. The van der Waals surface area contributed by atoms with Crippen molar-refractivity contribution in [2.75, 3.05) is 5.73 Å². The summed E-state index contributed by atoms with van der Waals surface area (Å²) in [7, 11) is 0. The SMILES string of the molecule is Nc1ccc(N=Nc2ccccc2)c(F)c1F. The minimum atomic E-state index is -1.10. The molecule has 5 heteroatoms. The van der Waals surface area contributed by atoms with E-state index < -0.39 is 11.6 Å². The van der Waals surface area contributed by atoms with Gasteiger partial charge in [0.15, 0.2) is 11.6 Å². The molecule has 0 saturated heterocycles. The molecule has 0 aliphatic rings. The monoisotopic (exact) mass is 233 g/mol. The molecule has 0 unspecified atom stereocenters. The molecule has 86 valence electrons. The van der Waals surface area contributed by atoms with Crippen molar-refractivity contribution in [2.45, 2.75) is 0 Å². The Morgan fingerprint density at radius 3 is 2.24 bits per heavy atom. The fourth-order valence-corrected chi connectivity index (χ4v) is 1.24. The van der Waals surface area contributed by atoms with Crippen LogP contribution in [0.3, 0.4) is 0 Å². The number of benzene rings is 2. The van der Waals surface area contributed by atoms with Gasteiger partial charge in [-0.2, -0.15) is 5.11 Å². The van der Waals surface area contributed by atoms with Crippen LogP contribution in [0, 0.1) is 11.6 Å². The number of nitrogens with zero attached hydrogens (tertiary/aromatic N) is 2. The van der Waals surface area contributed by atoms with Gasteiger partial charge in [-0.3, -0.25) is 0 Å². The first-order valence-electron chi connectivity index (χ1n) is 4.89. The Hall–Kier alpha value is -2.30. The van der Waals surface area contributed by atoms with Crippen LogP contribution in [0.2, 0.25) is 0 Å². The zero-order valence-electron chi connectivity index (χ0n) is 8.77. The lowest BCUT2D eigenvalue weighted by atomic mass is 10.2. The third-order valence-electron chi connectivity index (χ3n) is 2.12. The second kappa shape index (κ2) is 4.69. The largest absolute Gasteiger partial charge is 0.396 e. The van der Waals surface area contributed by atoms with Gasteiger partial charge in [-0.05, 0) is 24.3 Å². The molecule has 0 aromatic heterocycles. The van der Waals surface area contributed by atoms with E-state index in [0.29, 0.717) is 5.69 Å². The minimum Gasteiger partial charge on any atom is -0.396 e. The Balaban J connectivity index is 2.31. The summed E-state index contributed by atoms with van der Waals surface area (Å²) >= 11 is 0. The van der Waals surface area contributed by atoms with Crippen LogP contribution in [0.25, 0.3) is 0 Å². The van der Waals surface area contributed by atoms with Crippen LogP contribution in [0.15, 0.2) is 52.7 Å². The molecule has 0 bridgehead atoms. The van der Waals surface area contributed by atoms with Gasteiger partial charge in [0.05, 0.1) is 11.4 Å². The summed E-state index contributed by atoms with van der Waals surface area (Å²) in [5.41, 5.74) is 5.34.